The minimum Gasteiger partial charge on any atom is -0.480 e. The molecule has 0 bridgehead atoms. The normalized spacial score (nSPS) is 10.1. The first-order chi connectivity index (χ1) is 7.27. The fourth-order valence-electron chi connectivity index (χ4n) is 1.15. The number of nitrogens with zero attached hydrogens (tertiary/aromatic N) is 5. The first-order valence-corrected chi connectivity index (χ1v) is 4.16. The minimum absolute atomic E-state index is 0.259. The zero-order valence-electron chi connectivity index (χ0n) is 7.61. The summed E-state index contributed by atoms with van der Waals surface area (Å²) in [5, 5.41) is 19.4. The van der Waals surface area contributed by atoms with Crippen molar-refractivity contribution in [1.82, 2.24) is 25.2 Å². The highest BCUT2D eigenvalue weighted by Gasteiger charge is 2.10. The standard InChI is InChI=1S/C8H7N5O2/c14-7(15)5-13-8(10-11-12-13)6-1-3-9-4-2-6/h1-4H,5H2,(H,14,15). The first kappa shape index (κ1) is 9.25. The third-order valence-electron chi connectivity index (χ3n) is 1.76. The van der Waals surface area contributed by atoms with Crippen molar-refractivity contribution in [2.45, 2.75) is 6.54 Å². The van der Waals surface area contributed by atoms with E-state index in [-0.39, 0.29) is 6.54 Å². The van der Waals surface area contributed by atoms with E-state index in [1.807, 2.05) is 0 Å². The third-order valence-corrected chi connectivity index (χ3v) is 1.76. The van der Waals surface area contributed by atoms with Gasteiger partial charge in [-0.2, -0.15) is 0 Å². The van der Waals surface area contributed by atoms with Crippen LogP contribution in [0.5, 0.6) is 0 Å². The van der Waals surface area contributed by atoms with Gasteiger partial charge in [0, 0.05) is 18.0 Å². The van der Waals surface area contributed by atoms with Crippen molar-refractivity contribution >= 4 is 5.97 Å². The van der Waals surface area contributed by atoms with E-state index >= 15 is 0 Å². The minimum atomic E-state index is -0.988. The zero-order valence-corrected chi connectivity index (χ0v) is 7.61. The van der Waals surface area contributed by atoms with E-state index in [2.05, 4.69) is 20.5 Å². The number of aromatic nitrogens is 5. The molecule has 0 radical (unpaired) electrons. The van der Waals surface area contributed by atoms with Gasteiger partial charge in [-0.3, -0.25) is 9.78 Å². The number of rotatable bonds is 3. The molecule has 0 fully saturated rings. The molecule has 0 aliphatic heterocycles. The monoisotopic (exact) mass is 205 g/mol. The van der Waals surface area contributed by atoms with Crippen LogP contribution >= 0.6 is 0 Å². The number of carboxylic acid groups (broad SMARTS) is 1. The summed E-state index contributed by atoms with van der Waals surface area (Å²) >= 11 is 0. The summed E-state index contributed by atoms with van der Waals surface area (Å²) in [6, 6.07) is 3.42. The fourth-order valence-corrected chi connectivity index (χ4v) is 1.15. The highest BCUT2D eigenvalue weighted by Crippen LogP contribution is 2.13. The maximum Gasteiger partial charge on any atom is 0.325 e. The highest BCUT2D eigenvalue weighted by molar-refractivity contribution is 5.67. The maximum absolute atomic E-state index is 10.5. The van der Waals surface area contributed by atoms with Crippen molar-refractivity contribution < 1.29 is 9.90 Å². The molecule has 2 aromatic rings. The lowest BCUT2D eigenvalue weighted by atomic mass is 10.2. The van der Waals surface area contributed by atoms with Gasteiger partial charge in [0.1, 0.15) is 6.54 Å². The predicted octanol–water partition coefficient (Wildman–Crippen LogP) is -0.180. The molecule has 7 heteroatoms. The number of pyridine rings is 1. The molecule has 7 nitrogen and oxygen atoms in total. The summed E-state index contributed by atoms with van der Waals surface area (Å²) < 4.78 is 1.22. The Morgan fingerprint density at radius 3 is 2.80 bits per heavy atom. The number of tetrazole rings is 1. The molecule has 76 valence electrons. The molecule has 0 atom stereocenters. The number of aliphatic carboxylic acids is 1. The Bertz CT molecular complexity index is 467. The third kappa shape index (κ3) is 1.96. The van der Waals surface area contributed by atoms with Gasteiger partial charge in [-0.25, -0.2) is 4.68 Å². The zero-order chi connectivity index (χ0) is 10.7. The largest absolute Gasteiger partial charge is 0.480 e. The summed E-state index contributed by atoms with van der Waals surface area (Å²) in [6.07, 6.45) is 3.18. The van der Waals surface area contributed by atoms with Crippen LogP contribution in [0.2, 0.25) is 0 Å². The van der Waals surface area contributed by atoms with E-state index in [9.17, 15) is 4.79 Å². The van der Waals surface area contributed by atoms with Crippen LogP contribution in [-0.2, 0) is 11.3 Å². The smallest absolute Gasteiger partial charge is 0.325 e. The van der Waals surface area contributed by atoms with Gasteiger partial charge in [-0.15, -0.1) is 5.10 Å². The first-order valence-electron chi connectivity index (χ1n) is 4.16. The SMILES string of the molecule is O=C(O)Cn1nnnc1-c1ccncc1. The summed E-state index contributed by atoms with van der Waals surface area (Å²) in [5.41, 5.74) is 0.733. The Labute approximate surface area is 84.4 Å². The van der Waals surface area contributed by atoms with Gasteiger partial charge in [0.05, 0.1) is 0 Å². The molecule has 0 saturated heterocycles. The van der Waals surface area contributed by atoms with E-state index in [0.717, 1.165) is 5.56 Å². The average Bonchev–Trinajstić information content (AvgIpc) is 2.66. The average molecular weight is 205 g/mol. The van der Waals surface area contributed by atoms with E-state index in [0.29, 0.717) is 5.82 Å². The quantitative estimate of drug-likeness (QED) is 0.746. The topological polar surface area (TPSA) is 93.8 Å². The molecule has 0 saturated carbocycles. The lowest BCUT2D eigenvalue weighted by molar-refractivity contribution is -0.137. The van der Waals surface area contributed by atoms with Gasteiger partial charge in [0.15, 0.2) is 5.82 Å². The molecule has 0 spiro atoms. The second-order valence-corrected chi connectivity index (χ2v) is 2.79. The van der Waals surface area contributed by atoms with Crippen LogP contribution in [0, 0.1) is 0 Å². The van der Waals surface area contributed by atoms with E-state index in [4.69, 9.17) is 5.11 Å². The second kappa shape index (κ2) is 3.82. The highest BCUT2D eigenvalue weighted by atomic mass is 16.4. The lowest BCUT2D eigenvalue weighted by Gasteiger charge is -2.00. The van der Waals surface area contributed by atoms with Gasteiger partial charge in [0.25, 0.3) is 0 Å². The molecule has 0 amide bonds. The van der Waals surface area contributed by atoms with Crippen LogP contribution in [0.4, 0.5) is 0 Å². The van der Waals surface area contributed by atoms with Crippen LogP contribution in [0.3, 0.4) is 0 Å². The summed E-state index contributed by atoms with van der Waals surface area (Å²) in [6.45, 7) is -0.259. The number of carbonyl (C=O) groups is 1. The van der Waals surface area contributed by atoms with Crippen molar-refractivity contribution in [3.8, 4) is 11.4 Å². The second-order valence-electron chi connectivity index (χ2n) is 2.79. The van der Waals surface area contributed by atoms with Crippen molar-refractivity contribution in [2.75, 3.05) is 0 Å². The summed E-state index contributed by atoms with van der Waals surface area (Å²) in [4.78, 5) is 14.4. The van der Waals surface area contributed by atoms with E-state index in [1.54, 1.807) is 24.5 Å². The number of carboxylic acids is 1. The molecule has 0 unspecified atom stereocenters. The summed E-state index contributed by atoms with van der Waals surface area (Å²) in [7, 11) is 0. The van der Waals surface area contributed by atoms with Gasteiger partial charge in [0.2, 0.25) is 0 Å². The number of hydrogen-bond acceptors (Lipinski definition) is 5. The molecule has 0 aromatic carbocycles. The predicted molar refractivity (Wildman–Crippen MR) is 48.7 cm³/mol. The van der Waals surface area contributed by atoms with Crippen molar-refractivity contribution in [3.63, 3.8) is 0 Å². The molecular formula is C8H7N5O2. The van der Waals surface area contributed by atoms with Crippen LogP contribution in [0.15, 0.2) is 24.5 Å². The van der Waals surface area contributed by atoms with Crippen LogP contribution in [0.25, 0.3) is 11.4 Å². The fraction of sp³-hybridized carbons (Fsp3) is 0.125. The van der Waals surface area contributed by atoms with Crippen molar-refractivity contribution in [3.05, 3.63) is 24.5 Å². The van der Waals surface area contributed by atoms with Gasteiger partial charge in [-0.05, 0) is 22.6 Å². The molecule has 1 N–H and O–H groups in total. The molecule has 2 rings (SSSR count). The van der Waals surface area contributed by atoms with Crippen molar-refractivity contribution in [1.29, 1.82) is 0 Å². The Kier molecular flexibility index (Phi) is 2.36. The molecule has 0 aliphatic rings. The van der Waals surface area contributed by atoms with Gasteiger partial charge < -0.3 is 5.11 Å². The Balaban J connectivity index is 2.37. The molecule has 0 aliphatic carbocycles. The summed E-state index contributed by atoms with van der Waals surface area (Å²) in [5.74, 6) is -0.572. The Hall–Kier alpha value is -2.31. The van der Waals surface area contributed by atoms with E-state index < -0.39 is 5.97 Å². The van der Waals surface area contributed by atoms with Crippen LogP contribution < -0.4 is 0 Å². The Morgan fingerprint density at radius 1 is 1.40 bits per heavy atom. The van der Waals surface area contributed by atoms with Crippen LogP contribution in [0.1, 0.15) is 0 Å². The van der Waals surface area contributed by atoms with Crippen LogP contribution in [-0.4, -0.2) is 36.3 Å². The number of hydrogen-bond donors (Lipinski definition) is 1. The Morgan fingerprint density at radius 2 is 2.13 bits per heavy atom. The molecular weight excluding hydrogens is 198 g/mol. The molecule has 15 heavy (non-hydrogen) atoms. The molecule has 2 heterocycles. The molecule has 2 aromatic heterocycles. The lowest BCUT2D eigenvalue weighted by Crippen LogP contribution is -2.11. The van der Waals surface area contributed by atoms with Gasteiger partial charge in [-0.1, -0.05) is 0 Å². The van der Waals surface area contributed by atoms with Crippen molar-refractivity contribution in [2.24, 2.45) is 0 Å². The maximum atomic E-state index is 10.5. The van der Waals surface area contributed by atoms with E-state index in [1.165, 1.54) is 4.68 Å². The van der Waals surface area contributed by atoms with Gasteiger partial charge >= 0.3 is 5.97 Å².